The van der Waals surface area contributed by atoms with Gasteiger partial charge in [0.15, 0.2) is 11.5 Å². The van der Waals surface area contributed by atoms with Crippen molar-refractivity contribution < 1.29 is 19.3 Å². The van der Waals surface area contributed by atoms with E-state index in [1.807, 2.05) is 12.3 Å². The molecule has 0 saturated carbocycles. The number of rotatable bonds is 4. The molecule has 0 spiro atoms. The lowest BCUT2D eigenvalue weighted by atomic mass is 10.1. The topological polar surface area (TPSA) is 60.8 Å². The van der Waals surface area contributed by atoms with Crippen LogP contribution < -0.4 is 14.2 Å². The molecule has 1 aromatic heterocycles. The number of aliphatic hydroxyl groups excluding tert-OH is 1. The number of fused-ring (bicyclic) bond motifs is 1. The van der Waals surface area contributed by atoms with Crippen molar-refractivity contribution in [3.8, 4) is 17.2 Å². The molecule has 1 atom stereocenters. The Morgan fingerprint density at radius 2 is 2.30 bits per heavy atom. The van der Waals surface area contributed by atoms with Crippen molar-refractivity contribution in [1.82, 2.24) is 4.98 Å². The zero-order valence-electron chi connectivity index (χ0n) is 11.3. The standard InChI is InChI=1S/C14H15NO4S/c1-8-6-20-13(15-8)5-10(16)9-3-11(17-2)14-12(4-9)18-7-19-14/h3-4,6,10,16H,5,7H2,1-2H3. The molecule has 0 radical (unpaired) electrons. The fourth-order valence-corrected chi connectivity index (χ4v) is 2.93. The molecule has 5 nitrogen and oxygen atoms in total. The van der Waals surface area contributed by atoms with Crippen LogP contribution in [0.2, 0.25) is 0 Å². The first-order valence-corrected chi connectivity index (χ1v) is 7.12. The maximum atomic E-state index is 10.3. The highest BCUT2D eigenvalue weighted by Crippen LogP contribution is 2.43. The Labute approximate surface area is 120 Å². The number of nitrogens with zero attached hydrogens (tertiary/aromatic N) is 1. The van der Waals surface area contributed by atoms with Crippen LogP contribution in [-0.4, -0.2) is 24.0 Å². The van der Waals surface area contributed by atoms with E-state index in [-0.39, 0.29) is 6.79 Å². The minimum absolute atomic E-state index is 0.177. The fraction of sp³-hybridized carbons (Fsp3) is 0.357. The zero-order chi connectivity index (χ0) is 14.1. The third-order valence-corrected chi connectivity index (χ3v) is 4.09. The van der Waals surface area contributed by atoms with E-state index in [0.717, 1.165) is 16.3 Å². The summed E-state index contributed by atoms with van der Waals surface area (Å²) >= 11 is 1.55. The fourth-order valence-electron chi connectivity index (χ4n) is 2.12. The van der Waals surface area contributed by atoms with Crippen LogP contribution in [0.4, 0.5) is 0 Å². The van der Waals surface area contributed by atoms with Gasteiger partial charge in [-0.15, -0.1) is 11.3 Å². The summed E-state index contributed by atoms with van der Waals surface area (Å²) in [6.45, 7) is 2.12. The Hall–Kier alpha value is -1.79. The van der Waals surface area contributed by atoms with Gasteiger partial charge in [0.05, 0.1) is 18.2 Å². The maximum Gasteiger partial charge on any atom is 0.231 e. The number of methoxy groups -OCH3 is 1. The summed E-state index contributed by atoms with van der Waals surface area (Å²) in [6, 6.07) is 3.56. The summed E-state index contributed by atoms with van der Waals surface area (Å²) < 4.78 is 16.0. The first-order valence-electron chi connectivity index (χ1n) is 6.24. The number of hydrogen-bond acceptors (Lipinski definition) is 6. The van der Waals surface area contributed by atoms with E-state index in [1.54, 1.807) is 30.6 Å². The lowest BCUT2D eigenvalue weighted by Crippen LogP contribution is -2.02. The molecule has 1 unspecified atom stereocenters. The third kappa shape index (κ3) is 2.44. The molecule has 2 aromatic rings. The number of aromatic nitrogens is 1. The van der Waals surface area contributed by atoms with Crippen molar-refractivity contribution in [2.24, 2.45) is 0 Å². The van der Waals surface area contributed by atoms with Gasteiger partial charge in [-0.05, 0) is 24.6 Å². The van der Waals surface area contributed by atoms with Gasteiger partial charge in [-0.2, -0.15) is 0 Å². The highest BCUT2D eigenvalue weighted by molar-refractivity contribution is 7.09. The molecule has 20 heavy (non-hydrogen) atoms. The van der Waals surface area contributed by atoms with Crippen molar-refractivity contribution in [2.75, 3.05) is 13.9 Å². The van der Waals surface area contributed by atoms with Crippen molar-refractivity contribution >= 4 is 11.3 Å². The van der Waals surface area contributed by atoms with Gasteiger partial charge in [-0.3, -0.25) is 0 Å². The minimum Gasteiger partial charge on any atom is -0.493 e. The van der Waals surface area contributed by atoms with Crippen LogP contribution in [0.15, 0.2) is 17.5 Å². The predicted molar refractivity (Wildman–Crippen MR) is 74.6 cm³/mol. The highest BCUT2D eigenvalue weighted by Gasteiger charge is 2.22. The van der Waals surface area contributed by atoms with E-state index in [1.165, 1.54) is 0 Å². The molecule has 1 aliphatic rings. The number of hydrogen-bond donors (Lipinski definition) is 1. The number of aryl methyl sites for hydroxylation is 1. The molecule has 1 aliphatic heterocycles. The van der Waals surface area contributed by atoms with Gasteiger partial charge in [0.1, 0.15) is 0 Å². The number of ether oxygens (including phenoxy) is 3. The Morgan fingerprint density at radius 3 is 3.00 bits per heavy atom. The van der Waals surface area contributed by atoms with Crippen LogP contribution >= 0.6 is 11.3 Å². The van der Waals surface area contributed by atoms with Crippen LogP contribution in [0, 0.1) is 6.92 Å². The largest absolute Gasteiger partial charge is 0.493 e. The van der Waals surface area contributed by atoms with Crippen LogP contribution in [0.25, 0.3) is 0 Å². The zero-order valence-corrected chi connectivity index (χ0v) is 12.1. The summed E-state index contributed by atoms with van der Waals surface area (Å²) in [5.41, 5.74) is 1.71. The SMILES string of the molecule is COc1cc(C(O)Cc2nc(C)cs2)cc2c1OCO2. The van der Waals surface area contributed by atoms with E-state index in [0.29, 0.717) is 23.7 Å². The summed E-state index contributed by atoms with van der Waals surface area (Å²) in [6.07, 6.45) is -0.176. The third-order valence-electron chi connectivity index (χ3n) is 3.10. The quantitative estimate of drug-likeness (QED) is 0.938. The molecule has 0 amide bonds. The lowest BCUT2D eigenvalue weighted by molar-refractivity contribution is 0.170. The van der Waals surface area contributed by atoms with Gasteiger partial charge >= 0.3 is 0 Å². The van der Waals surface area contributed by atoms with Crippen LogP contribution in [0.3, 0.4) is 0 Å². The molecule has 6 heteroatoms. The van der Waals surface area contributed by atoms with Gasteiger partial charge in [0.2, 0.25) is 12.5 Å². The van der Waals surface area contributed by atoms with E-state index in [4.69, 9.17) is 14.2 Å². The van der Waals surface area contributed by atoms with Crippen LogP contribution in [0.5, 0.6) is 17.2 Å². The van der Waals surface area contributed by atoms with Gasteiger partial charge in [-0.1, -0.05) is 0 Å². The Kier molecular flexibility index (Phi) is 3.50. The summed E-state index contributed by atoms with van der Waals surface area (Å²) in [5.74, 6) is 1.77. The monoisotopic (exact) mass is 293 g/mol. The molecule has 0 saturated heterocycles. The van der Waals surface area contributed by atoms with Gasteiger partial charge in [0, 0.05) is 17.5 Å². The molecule has 2 heterocycles. The van der Waals surface area contributed by atoms with Crippen molar-refractivity contribution in [1.29, 1.82) is 0 Å². The normalized spacial score (nSPS) is 14.3. The summed E-state index contributed by atoms with van der Waals surface area (Å²) in [5, 5.41) is 13.2. The molecule has 1 N–H and O–H groups in total. The molecular weight excluding hydrogens is 278 g/mol. The molecule has 3 rings (SSSR count). The highest BCUT2D eigenvalue weighted by atomic mass is 32.1. The average Bonchev–Trinajstić information content (AvgIpc) is 3.06. The Morgan fingerprint density at radius 1 is 1.45 bits per heavy atom. The smallest absolute Gasteiger partial charge is 0.231 e. The van der Waals surface area contributed by atoms with Crippen molar-refractivity contribution in [3.63, 3.8) is 0 Å². The van der Waals surface area contributed by atoms with Gasteiger partial charge < -0.3 is 19.3 Å². The summed E-state index contributed by atoms with van der Waals surface area (Å²) in [7, 11) is 1.57. The average molecular weight is 293 g/mol. The van der Waals surface area contributed by atoms with E-state index in [2.05, 4.69) is 4.98 Å². The number of thiazole rings is 1. The predicted octanol–water partition coefficient (Wildman–Crippen LogP) is 2.46. The van der Waals surface area contributed by atoms with Gasteiger partial charge in [-0.25, -0.2) is 4.98 Å². The van der Waals surface area contributed by atoms with Crippen LogP contribution in [0.1, 0.15) is 22.4 Å². The van der Waals surface area contributed by atoms with Crippen LogP contribution in [-0.2, 0) is 6.42 Å². The Bertz CT molecular complexity index is 626. The maximum absolute atomic E-state index is 10.3. The van der Waals surface area contributed by atoms with Gasteiger partial charge in [0.25, 0.3) is 0 Å². The molecule has 0 fully saturated rings. The summed E-state index contributed by atoms with van der Waals surface area (Å²) in [4.78, 5) is 4.36. The van der Waals surface area contributed by atoms with E-state index < -0.39 is 6.10 Å². The van der Waals surface area contributed by atoms with Crippen molar-refractivity contribution in [3.05, 3.63) is 33.8 Å². The number of aliphatic hydroxyl groups is 1. The van der Waals surface area contributed by atoms with E-state index >= 15 is 0 Å². The molecule has 0 bridgehead atoms. The Balaban J connectivity index is 1.86. The second kappa shape index (κ2) is 5.30. The molecular formula is C14H15NO4S. The molecule has 106 valence electrons. The van der Waals surface area contributed by atoms with Crippen molar-refractivity contribution in [2.45, 2.75) is 19.4 Å². The molecule has 1 aromatic carbocycles. The first-order chi connectivity index (χ1) is 9.67. The second-order valence-electron chi connectivity index (χ2n) is 4.56. The second-order valence-corrected chi connectivity index (χ2v) is 5.50. The lowest BCUT2D eigenvalue weighted by Gasteiger charge is -2.12. The first kappa shape index (κ1) is 13.2. The minimum atomic E-state index is -0.649. The van der Waals surface area contributed by atoms with E-state index in [9.17, 15) is 5.11 Å². The molecule has 0 aliphatic carbocycles. The number of benzene rings is 1.